The number of alkyl halides is 6. The third kappa shape index (κ3) is 5.14. The van der Waals surface area contributed by atoms with Crippen LogP contribution >= 0.6 is 0 Å². The van der Waals surface area contributed by atoms with Gasteiger partial charge in [-0.05, 0) is 70.8 Å². The van der Waals surface area contributed by atoms with Gasteiger partial charge in [-0.25, -0.2) is 8.78 Å². The molecule has 52 heavy (non-hydrogen) atoms. The molecule has 0 N–H and O–H groups in total. The number of halogens is 8. The predicted molar refractivity (Wildman–Crippen MR) is 168 cm³/mol. The molecule has 3 aromatic carbocycles. The molecule has 0 bridgehead atoms. The average molecular weight is 705 g/mol. The number of hydrogen-bond donors (Lipinski definition) is 0. The molecule has 2 aliphatic carbocycles. The Labute approximate surface area is 287 Å². The summed E-state index contributed by atoms with van der Waals surface area (Å²) in [6.07, 6.45) is -7.28. The molecule has 2 heterocycles. The second-order valence-corrected chi connectivity index (χ2v) is 11.5. The summed E-state index contributed by atoms with van der Waals surface area (Å²) in [6, 6.07) is 18.0. The van der Waals surface area contributed by atoms with Gasteiger partial charge in [0, 0.05) is 56.9 Å². The van der Waals surface area contributed by atoms with E-state index in [1.165, 1.54) is 30.6 Å². The van der Waals surface area contributed by atoms with Crippen molar-refractivity contribution in [2.75, 3.05) is 0 Å². The molecule has 0 saturated heterocycles. The van der Waals surface area contributed by atoms with Crippen LogP contribution in [0.4, 0.5) is 35.1 Å². The maximum absolute atomic E-state index is 14.5. The van der Waals surface area contributed by atoms with Crippen molar-refractivity contribution in [3.63, 3.8) is 0 Å². The Hall–Kier alpha value is -7.16. The standard InChI is InChI=1S/C38H12F8N6/c39-31-7-17(1-3-29(31)37(41,42)43)19-5-27-33(21(11-47)12-48)23-9-24-26(10-25(23)35(27)51-15-19)36-28(34(24)22(13-49)14-50)6-20(16-52-36)18-2-4-30(32(40)8-18)38(44,45)46/h1-10,15-16H. The van der Waals surface area contributed by atoms with Crippen LogP contribution < -0.4 is 0 Å². The summed E-state index contributed by atoms with van der Waals surface area (Å²) < 4.78 is 108. The van der Waals surface area contributed by atoms with Gasteiger partial charge in [-0.15, -0.1) is 0 Å². The van der Waals surface area contributed by atoms with Crippen molar-refractivity contribution in [1.82, 2.24) is 9.97 Å². The van der Waals surface area contributed by atoms with Gasteiger partial charge >= 0.3 is 12.4 Å². The van der Waals surface area contributed by atoms with Gasteiger partial charge in [-0.1, -0.05) is 12.1 Å². The van der Waals surface area contributed by atoms with Crippen LogP contribution in [0.2, 0.25) is 0 Å². The lowest BCUT2D eigenvalue weighted by molar-refractivity contribution is -0.140. The van der Waals surface area contributed by atoms with E-state index in [-0.39, 0.29) is 78.2 Å². The summed E-state index contributed by atoms with van der Waals surface area (Å²) in [7, 11) is 0. The summed E-state index contributed by atoms with van der Waals surface area (Å²) in [5, 5.41) is 39.7. The fourth-order valence-corrected chi connectivity index (χ4v) is 6.41. The summed E-state index contributed by atoms with van der Waals surface area (Å²) >= 11 is 0. The molecule has 7 rings (SSSR count). The van der Waals surface area contributed by atoms with E-state index in [4.69, 9.17) is 0 Å². The van der Waals surface area contributed by atoms with Crippen LogP contribution in [0.1, 0.15) is 33.4 Å². The normalized spacial score (nSPS) is 12.5. The quantitative estimate of drug-likeness (QED) is 0.131. The molecule has 0 amide bonds. The lowest BCUT2D eigenvalue weighted by Gasteiger charge is -2.11. The zero-order valence-corrected chi connectivity index (χ0v) is 25.6. The molecular weight excluding hydrogens is 692 g/mol. The number of benzene rings is 3. The maximum Gasteiger partial charge on any atom is 0.419 e. The van der Waals surface area contributed by atoms with Gasteiger partial charge in [0.2, 0.25) is 0 Å². The Balaban J connectivity index is 1.42. The number of aromatic nitrogens is 2. The zero-order chi connectivity index (χ0) is 37.3. The van der Waals surface area contributed by atoms with E-state index in [1.54, 1.807) is 6.07 Å². The van der Waals surface area contributed by atoms with Gasteiger partial charge in [0.15, 0.2) is 0 Å². The molecule has 0 unspecified atom stereocenters. The van der Waals surface area contributed by atoms with Crippen molar-refractivity contribution in [2.45, 2.75) is 12.4 Å². The van der Waals surface area contributed by atoms with Crippen molar-refractivity contribution >= 4 is 11.1 Å². The first-order valence-corrected chi connectivity index (χ1v) is 14.7. The molecule has 2 aromatic heterocycles. The summed E-state index contributed by atoms with van der Waals surface area (Å²) in [6.45, 7) is 0. The number of hydrogen-bond acceptors (Lipinski definition) is 6. The SMILES string of the molecule is N#CC(C#N)=C1c2cc3c(cc2-c2ncc(-c4ccc(C(F)(F)F)c(F)c4)cc21)-c1ncc(-c2ccc(C(F)(F)F)c(F)c2)cc1C3=C(C#N)C#N. The highest BCUT2D eigenvalue weighted by Gasteiger charge is 2.37. The minimum Gasteiger partial charge on any atom is -0.255 e. The largest absolute Gasteiger partial charge is 0.419 e. The second-order valence-electron chi connectivity index (χ2n) is 11.5. The van der Waals surface area contributed by atoms with Gasteiger partial charge in [0.25, 0.3) is 0 Å². The molecule has 0 radical (unpaired) electrons. The Morgan fingerprint density at radius 3 is 1.15 bits per heavy atom. The minimum atomic E-state index is -4.93. The number of nitriles is 4. The molecule has 250 valence electrons. The number of nitrogens with zero attached hydrogens (tertiary/aromatic N) is 6. The van der Waals surface area contributed by atoms with Gasteiger partial charge in [0.05, 0.1) is 22.5 Å². The van der Waals surface area contributed by atoms with Crippen molar-refractivity contribution in [2.24, 2.45) is 0 Å². The molecule has 14 heteroatoms. The first-order valence-electron chi connectivity index (χ1n) is 14.7. The Morgan fingerprint density at radius 1 is 0.462 bits per heavy atom. The van der Waals surface area contributed by atoms with Crippen LogP contribution in [0.5, 0.6) is 0 Å². The van der Waals surface area contributed by atoms with Crippen LogP contribution in [0.25, 0.3) is 55.9 Å². The molecular formula is C38H12F8N6. The first-order chi connectivity index (χ1) is 24.7. The second kappa shape index (κ2) is 11.7. The smallest absolute Gasteiger partial charge is 0.255 e. The monoisotopic (exact) mass is 704 g/mol. The van der Waals surface area contributed by atoms with E-state index < -0.39 is 35.1 Å². The highest BCUT2D eigenvalue weighted by atomic mass is 19.4. The van der Waals surface area contributed by atoms with E-state index in [0.29, 0.717) is 35.4 Å². The Morgan fingerprint density at radius 2 is 0.827 bits per heavy atom. The predicted octanol–water partition coefficient (Wildman–Crippen LogP) is 9.79. The van der Waals surface area contributed by atoms with Gasteiger partial charge < -0.3 is 0 Å². The van der Waals surface area contributed by atoms with Crippen LogP contribution in [0.3, 0.4) is 0 Å². The van der Waals surface area contributed by atoms with Crippen LogP contribution in [0.15, 0.2) is 84.2 Å². The molecule has 5 aromatic rings. The Kier molecular flexibility index (Phi) is 7.52. The van der Waals surface area contributed by atoms with Gasteiger partial charge in [0.1, 0.15) is 47.1 Å². The molecule has 0 saturated carbocycles. The molecule has 0 fully saturated rings. The number of pyridine rings is 2. The highest BCUT2D eigenvalue weighted by Crippen LogP contribution is 2.53. The first kappa shape index (κ1) is 33.3. The Bertz CT molecular complexity index is 2460. The fourth-order valence-electron chi connectivity index (χ4n) is 6.41. The zero-order valence-electron chi connectivity index (χ0n) is 25.6. The van der Waals surface area contributed by atoms with E-state index in [0.717, 1.165) is 12.1 Å². The van der Waals surface area contributed by atoms with Crippen molar-refractivity contribution in [3.8, 4) is 69.0 Å². The third-order valence-electron chi connectivity index (χ3n) is 8.68. The summed E-state index contributed by atoms with van der Waals surface area (Å²) in [5.41, 5.74) is -0.786. The van der Waals surface area contributed by atoms with Gasteiger partial charge in [-0.2, -0.15) is 47.4 Å². The lowest BCUT2D eigenvalue weighted by Crippen LogP contribution is -2.07. The van der Waals surface area contributed by atoms with Crippen molar-refractivity contribution < 1.29 is 35.1 Å². The lowest BCUT2D eigenvalue weighted by atomic mass is 9.92. The minimum absolute atomic E-state index is 0.0360. The highest BCUT2D eigenvalue weighted by molar-refractivity contribution is 6.10. The topological polar surface area (TPSA) is 121 Å². The van der Waals surface area contributed by atoms with Crippen LogP contribution in [-0.4, -0.2) is 9.97 Å². The van der Waals surface area contributed by atoms with E-state index in [9.17, 15) is 56.2 Å². The molecule has 0 spiro atoms. The number of fused-ring (bicyclic) bond motifs is 6. The van der Waals surface area contributed by atoms with Crippen molar-refractivity contribution in [3.05, 3.63) is 129 Å². The van der Waals surface area contributed by atoms with E-state index in [1.807, 2.05) is 24.3 Å². The van der Waals surface area contributed by atoms with E-state index >= 15 is 0 Å². The average Bonchev–Trinajstić information content (AvgIpc) is 3.58. The number of allylic oxidation sites excluding steroid dienone is 2. The van der Waals surface area contributed by atoms with Gasteiger partial charge in [-0.3, -0.25) is 9.97 Å². The number of rotatable bonds is 2. The maximum atomic E-state index is 14.5. The van der Waals surface area contributed by atoms with Crippen LogP contribution in [-0.2, 0) is 12.4 Å². The fraction of sp³-hybridized carbons (Fsp3) is 0.0526. The van der Waals surface area contributed by atoms with Crippen molar-refractivity contribution in [1.29, 1.82) is 21.0 Å². The van der Waals surface area contributed by atoms with E-state index in [2.05, 4.69) is 9.97 Å². The third-order valence-corrected chi connectivity index (χ3v) is 8.68. The molecule has 6 nitrogen and oxygen atoms in total. The summed E-state index contributed by atoms with van der Waals surface area (Å²) in [4.78, 5) is 8.97. The molecule has 0 aliphatic heterocycles. The molecule has 2 aliphatic rings. The van der Waals surface area contributed by atoms with Crippen LogP contribution in [0, 0.1) is 57.0 Å². The molecule has 0 atom stereocenters. The summed E-state index contributed by atoms with van der Waals surface area (Å²) in [5.74, 6) is -3.03.